The van der Waals surface area contributed by atoms with E-state index >= 15 is 0 Å². The summed E-state index contributed by atoms with van der Waals surface area (Å²) in [6.45, 7) is 4.19. The molecular formula is C13H13NO2S. The molecule has 1 N–H and O–H groups in total. The van der Waals surface area contributed by atoms with Crippen molar-refractivity contribution in [2.45, 2.75) is 19.8 Å². The van der Waals surface area contributed by atoms with E-state index in [0.29, 0.717) is 10.8 Å². The molecule has 0 aromatic carbocycles. The standard InChI is InChI=1S/C13H13NO2S/c1-8(2)10-4-3-9(7-14-10)11-5-6-12(17-11)13(15)16/h3-8H,1-2H3,(H,15,16). The van der Waals surface area contributed by atoms with Crippen LogP contribution in [0.15, 0.2) is 30.5 Å². The van der Waals surface area contributed by atoms with Crippen LogP contribution in [-0.2, 0) is 0 Å². The number of pyridine rings is 1. The Hall–Kier alpha value is -1.68. The van der Waals surface area contributed by atoms with Crippen LogP contribution in [0, 0.1) is 0 Å². The van der Waals surface area contributed by atoms with Gasteiger partial charge in [-0.1, -0.05) is 19.9 Å². The lowest BCUT2D eigenvalue weighted by Gasteiger charge is -2.04. The second-order valence-electron chi connectivity index (χ2n) is 4.10. The van der Waals surface area contributed by atoms with Gasteiger partial charge in [0.25, 0.3) is 0 Å². The zero-order valence-corrected chi connectivity index (χ0v) is 10.5. The molecule has 2 rings (SSSR count). The lowest BCUT2D eigenvalue weighted by Crippen LogP contribution is -1.91. The first kappa shape index (κ1) is 11.8. The second kappa shape index (κ2) is 4.67. The van der Waals surface area contributed by atoms with Gasteiger partial charge in [-0.25, -0.2) is 4.79 Å². The maximum Gasteiger partial charge on any atom is 0.345 e. The number of aromatic nitrogens is 1. The molecule has 2 heterocycles. The second-order valence-corrected chi connectivity index (χ2v) is 5.18. The Balaban J connectivity index is 2.30. The van der Waals surface area contributed by atoms with Gasteiger partial charge in [-0.3, -0.25) is 4.98 Å². The van der Waals surface area contributed by atoms with Crippen molar-refractivity contribution in [1.82, 2.24) is 4.98 Å². The molecule has 0 spiro atoms. The van der Waals surface area contributed by atoms with Crippen molar-refractivity contribution >= 4 is 17.3 Å². The molecule has 17 heavy (non-hydrogen) atoms. The predicted molar refractivity (Wildman–Crippen MR) is 68.6 cm³/mol. The summed E-state index contributed by atoms with van der Waals surface area (Å²) in [5.74, 6) is -0.477. The molecule has 0 fully saturated rings. The average molecular weight is 247 g/mol. The Kier molecular flexibility index (Phi) is 3.24. The minimum atomic E-state index is -0.881. The Morgan fingerprint density at radius 1 is 1.29 bits per heavy atom. The Morgan fingerprint density at radius 2 is 2.06 bits per heavy atom. The number of carboxylic acid groups (broad SMARTS) is 1. The minimum Gasteiger partial charge on any atom is -0.477 e. The summed E-state index contributed by atoms with van der Waals surface area (Å²) in [6, 6.07) is 7.42. The summed E-state index contributed by atoms with van der Waals surface area (Å²) in [4.78, 5) is 16.4. The van der Waals surface area contributed by atoms with Crippen LogP contribution in [0.25, 0.3) is 10.4 Å². The van der Waals surface area contributed by atoms with Crippen LogP contribution < -0.4 is 0 Å². The number of hydrogen-bond donors (Lipinski definition) is 1. The van der Waals surface area contributed by atoms with E-state index in [4.69, 9.17) is 5.11 Å². The molecule has 0 aliphatic heterocycles. The number of rotatable bonds is 3. The topological polar surface area (TPSA) is 50.2 Å². The zero-order chi connectivity index (χ0) is 12.4. The van der Waals surface area contributed by atoms with Gasteiger partial charge < -0.3 is 5.11 Å². The molecule has 0 radical (unpaired) electrons. The Labute approximate surface area is 104 Å². The number of carboxylic acids is 1. The molecule has 88 valence electrons. The number of thiophene rings is 1. The Morgan fingerprint density at radius 3 is 2.53 bits per heavy atom. The van der Waals surface area contributed by atoms with Gasteiger partial charge in [0, 0.05) is 22.3 Å². The van der Waals surface area contributed by atoms with Gasteiger partial charge >= 0.3 is 5.97 Å². The molecule has 2 aromatic heterocycles. The van der Waals surface area contributed by atoms with E-state index in [2.05, 4.69) is 18.8 Å². The van der Waals surface area contributed by atoms with Crippen molar-refractivity contribution in [1.29, 1.82) is 0 Å². The highest BCUT2D eigenvalue weighted by molar-refractivity contribution is 7.17. The highest BCUT2D eigenvalue weighted by Gasteiger charge is 2.09. The molecule has 4 heteroatoms. The van der Waals surface area contributed by atoms with Crippen molar-refractivity contribution in [3.8, 4) is 10.4 Å². The van der Waals surface area contributed by atoms with Gasteiger partial charge in [0.1, 0.15) is 4.88 Å². The van der Waals surface area contributed by atoms with Crippen molar-refractivity contribution in [3.63, 3.8) is 0 Å². The summed E-state index contributed by atoms with van der Waals surface area (Å²) in [5, 5.41) is 8.86. The van der Waals surface area contributed by atoms with Gasteiger partial charge in [-0.05, 0) is 24.1 Å². The molecule has 0 unspecified atom stereocenters. The number of carbonyl (C=O) groups is 1. The van der Waals surface area contributed by atoms with E-state index in [9.17, 15) is 4.79 Å². The van der Waals surface area contributed by atoms with Crippen LogP contribution in [0.2, 0.25) is 0 Å². The van der Waals surface area contributed by atoms with E-state index in [0.717, 1.165) is 16.1 Å². The third-order valence-corrected chi connectivity index (χ3v) is 3.60. The first-order valence-electron chi connectivity index (χ1n) is 5.37. The quantitative estimate of drug-likeness (QED) is 0.901. The Bertz CT molecular complexity index is 529. The molecule has 0 aliphatic carbocycles. The van der Waals surface area contributed by atoms with Crippen LogP contribution in [0.3, 0.4) is 0 Å². The molecule has 2 aromatic rings. The smallest absolute Gasteiger partial charge is 0.345 e. The highest BCUT2D eigenvalue weighted by Crippen LogP contribution is 2.28. The zero-order valence-electron chi connectivity index (χ0n) is 9.68. The van der Waals surface area contributed by atoms with Crippen molar-refractivity contribution in [2.75, 3.05) is 0 Å². The van der Waals surface area contributed by atoms with Crippen LogP contribution in [0.4, 0.5) is 0 Å². The van der Waals surface area contributed by atoms with E-state index in [1.165, 1.54) is 11.3 Å². The SMILES string of the molecule is CC(C)c1ccc(-c2ccc(C(=O)O)s2)cn1. The van der Waals surface area contributed by atoms with E-state index in [1.54, 1.807) is 12.3 Å². The van der Waals surface area contributed by atoms with E-state index < -0.39 is 5.97 Å². The fourth-order valence-corrected chi connectivity index (χ4v) is 2.34. The van der Waals surface area contributed by atoms with Crippen molar-refractivity contribution < 1.29 is 9.90 Å². The fourth-order valence-electron chi connectivity index (χ4n) is 1.50. The minimum absolute atomic E-state index is 0.355. The van der Waals surface area contributed by atoms with Gasteiger partial charge in [0.2, 0.25) is 0 Å². The number of aromatic carboxylic acids is 1. The number of hydrogen-bond acceptors (Lipinski definition) is 3. The maximum atomic E-state index is 10.8. The summed E-state index contributed by atoms with van der Waals surface area (Å²) in [5.41, 5.74) is 2.01. The molecule has 0 bridgehead atoms. The van der Waals surface area contributed by atoms with E-state index in [-0.39, 0.29) is 0 Å². The molecular weight excluding hydrogens is 234 g/mol. The van der Waals surface area contributed by atoms with Gasteiger partial charge in [0.15, 0.2) is 0 Å². The van der Waals surface area contributed by atoms with Crippen LogP contribution in [0.5, 0.6) is 0 Å². The number of nitrogens with zero attached hydrogens (tertiary/aromatic N) is 1. The molecule has 0 atom stereocenters. The molecule has 0 saturated carbocycles. The van der Waals surface area contributed by atoms with Gasteiger partial charge in [0.05, 0.1) is 0 Å². The molecule has 0 saturated heterocycles. The van der Waals surface area contributed by atoms with Crippen molar-refractivity contribution in [3.05, 3.63) is 41.0 Å². The summed E-state index contributed by atoms with van der Waals surface area (Å²) in [7, 11) is 0. The van der Waals surface area contributed by atoms with Crippen LogP contribution in [0.1, 0.15) is 35.1 Å². The lowest BCUT2D eigenvalue weighted by molar-refractivity contribution is 0.0702. The summed E-state index contributed by atoms with van der Waals surface area (Å²) in [6.07, 6.45) is 1.80. The summed E-state index contributed by atoms with van der Waals surface area (Å²) >= 11 is 1.27. The third-order valence-electron chi connectivity index (χ3n) is 2.48. The predicted octanol–water partition coefficient (Wildman–Crippen LogP) is 3.63. The van der Waals surface area contributed by atoms with Gasteiger partial charge in [-0.2, -0.15) is 0 Å². The molecule has 0 amide bonds. The highest BCUT2D eigenvalue weighted by atomic mass is 32.1. The first-order valence-corrected chi connectivity index (χ1v) is 6.19. The maximum absolute atomic E-state index is 10.8. The van der Waals surface area contributed by atoms with Crippen LogP contribution in [-0.4, -0.2) is 16.1 Å². The lowest BCUT2D eigenvalue weighted by atomic mass is 10.1. The third kappa shape index (κ3) is 2.53. The first-order chi connectivity index (χ1) is 8.08. The van der Waals surface area contributed by atoms with E-state index in [1.807, 2.05) is 18.2 Å². The molecule has 0 aliphatic rings. The normalized spacial score (nSPS) is 10.8. The monoisotopic (exact) mass is 247 g/mol. The van der Waals surface area contributed by atoms with Gasteiger partial charge in [-0.15, -0.1) is 11.3 Å². The van der Waals surface area contributed by atoms with Crippen LogP contribution >= 0.6 is 11.3 Å². The fraction of sp³-hybridized carbons (Fsp3) is 0.231. The van der Waals surface area contributed by atoms with Crippen molar-refractivity contribution in [2.24, 2.45) is 0 Å². The largest absolute Gasteiger partial charge is 0.477 e. The molecule has 3 nitrogen and oxygen atoms in total. The summed E-state index contributed by atoms with van der Waals surface area (Å²) < 4.78 is 0. The average Bonchev–Trinajstić information content (AvgIpc) is 2.78.